The van der Waals surface area contributed by atoms with E-state index in [0.717, 1.165) is 16.9 Å². The molecule has 0 spiro atoms. The molecule has 0 aliphatic heterocycles. The number of hydrogen-bond acceptors (Lipinski definition) is 7. The van der Waals surface area contributed by atoms with Crippen LogP contribution in [0.4, 0.5) is 9.52 Å². The number of rotatable bonds is 7. The summed E-state index contributed by atoms with van der Waals surface area (Å²) in [5.74, 6) is -0.850. The lowest BCUT2D eigenvalue weighted by atomic mass is 10.2. The number of benzene rings is 2. The van der Waals surface area contributed by atoms with Gasteiger partial charge in [0.2, 0.25) is 5.13 Å². The Bertz CT molecular complexity index is 1060. The molecule has 7 nitrogen and oxygen atoms in total. The molecule has 1 aromatic heterocycles. The Morgan fingerprint density at radius 1 is 1.11 bits per heavy atom. The quantitative estimate of drug-likeness (QED) is 0.588. The van der Waals surface area contributed by atoms with Gasteiger partial charge in [0.1, 0.15) is 10.8 Å². The summed E-state index contributed by atoms with van der Waals surface area (Å²) in [6, 6.07) is 11.3. The first-order valence-electron chi connectivity index (χ1n) is 8.24. The summed E-state index contributed by atoms with van der Waals surface area (Å²) in [5, 5.41) is 8.50. The minimum Gasteiger partial charge on any atom is -0.462 e. The van der Waals surface area contributed by atoms with Crippen LogP contribution < -0.4 is 4.72 Å². The van der Waals surface area contributed by atoms with Crippen molar-refractivity contribution in [2.45, 2.75) is 18.2 Å². The molecule has 3 rings (SSSR count). The molecule has 0 unspecified atom stereocenters. The number of halogens is 1. The van der Waals surface area contributed by atoms with E-state index < -0.39 is 16.0 Å². The molecular weight excluding hydrogens is 405 g/mol. The van der Waals surface area contributed by atoms with Crippen molar-refractivity contribution in [2.24, 2.45) is 0 Å². The fourth-order valence-corrected chi connectivity index (χ4v) is 4.31. The smallest absolute Gasteiger partial charge is 0.338 e. The van der Waals surface area contributed by atoms with Crippen LogP contribution >= 0.6 is 11.3 Å². The Morgan fingerprint density at radius 2 is 1.79 bits per heavy atom. The van der Waals surface area contributed by atoms with E-state index in [1.165, 1.54) is 36.4 Å². The molecule has 0 bridgehead atoms. The molecule has 1 heterocycles. The highest BCUT2D eigenvalue weighted by atomic mass is 32.2. The third-order valence-corrected chi connectivity index (χ3v) is 5.96. The molecule has 2 aromatic carbocycles. The lowest BCUT2D eigenvalue weighted by molar-refractivity contribution is 0.0526. The fraction of sp³-hybridized carbons (Fsp3) is 0.167. The van der Waals surface area contributed by atoms with Crippen LogP contribution in [0.5, 0.6) is 0 Å². The number of ether oxygens (including phenoxy) is 1. The van der Waals surface area contributed by atoms with Crippen molar-refractivity contribution in [1.82, 2.24) is 10.2 Å². The van der Waals surface area contributed by atoms with E-state index in [1.54, 1.807) is 19.1 Å². The van der Waals surface area contributed by atoms with Gasteiger partial charge in [0.15, 0.2) is 0 Å². The van der Waals surface area contributed by atoms with Crippen LogP contribution in [0.25, 0.3) is 0 Å². The monoisotopic (exact) mass is 421 g/mol. The van der Waals surface area contributed by atoms with Crippen molar-refractivity contribution in [2.75, 3.05) is 11.3 Å². The lowest BCUT2D eigenvalue weighted by Crippen LogP contribution is -2.13. The van der Waals surface area contributed by atoms with E-state index >= 15 is 0 Å². The zero-order valence-corrected chi connectivity index (χ0v) is 16.4. The molecule has 28 heavy (non-hydrogen) atoms. The number of esters is 1. The van der Waals surface area contributed by atoms with Crippen molar-refractivity contribution in [3.05, 3.63) is 70.5 Å². The number of carbonyl (C=O) groups excluding carboxylic acids is 1. The Kier molecular flexibility index (Phi) is 6.00. The molecular formula is C18H16FN3O4S2. The summed E-state index contributed by atoms with van der Waals surface area (Å²) in [6.45, 7) is 1.92. The number of sulfonamides is 1. The van der Waals surface area contributed by atoms with Gasteiger partial charge in [-0.25, -0.2) is 17.6 Å². The van der Waals surface area contributed by atoms with E-state index in [1.807, 2.05) is 0 Å². The molecule has 0 aliphatic carbocycles. The van der Waals surface area contributed by atoms with Crippen LogP contribution in [0.2, 0.25) is 0 Å². The molecule has 3 aromatic rings. The second kappa shape index (κ2) is 8.44. The van der Waals surface area contributed by atoms with Gasteiger partial charge in [0.25, 0.3) is 10.0 Å². The summed E-state index contributed by atoms with van der Waals surface area (Å²) in [7, 11) is -3.88. The summed E-state index contributed by atoms with van der Waals surface area (Å²) in [5.41, 5.74) is 1.10. The zero-order valence-electron chi connectivity index (χ0n) is 14.8. The first-order valence-corrected chi connectivity index (χ1v) is 10.5. The topological polar surface area (TPSA) is 98.2 Å². The van der Waals surface area contributed by atoms with Crippen molar-refractivity contribution >= 4 is 32.5 Å². The average molecular weight is 421 g/mol. The van der Waals surface area contributed by atoms with Gasteiger partial charge in [-0.1, -0.05) is 23.5 Å². The highest BCUT2D eigenvalue weighted by molar-refractivity contribution is 7.93. The normalized spacial score (nSPS) is 11.2. The lowest BCUT2D eigenvalue weighted by Gasteiger charge is -2.06. The number of nitrogens with zero attached hydrogens (tertiary/aromatic N) is 2. The third-order valence-electron chi connectivity index (χ3n) is 3.63. The summed E-state index contributed by atoms with van der Waals surface area (Å²) in [4.78, 5) is 11.6. The predicted molar refractivity (Wildman–Crippen MR) is 102 cm³/mol. The van der Waals surface area contributed by atoms with Crippen LogP contribution in [-0.2, 0) is 21.2 Å². The SMILES string of the molecule is CCOC(=O)c1ccc(S(=O)(=O)Nc2nnc(Cc3ccc(F)cc3)s2)cc1. The number of aromatic nitrogens is 2. The highest BCUT2D eigenvalue weighted by Crippen LogP contribution is 2.22. The van der Waals surface area contributed by atoms with E-state index in [0.29, 0.717) is 11.4 Å². The number of nitrogens with one attached hydrogen (secondary N) is 1. The van der Waals surface area contributed by atoms with Gasteiger partial charge < -0.3 is 4.74 Å². The molecule has 0 radical (unpaired) electrons. The van der Waals surface area contributed by atoms with Crippen molar-refractivity contribution in [3.63, 3.8) is 0 Å². The molecule has 0 aliphatic rings. The second-order valence-corrected chi connectivity index (χ2v) is 8.40. The first kappa shape index (κ1) is 19.9. The van der Waals surface area contributed by atoms with Crippen LogP contribution in [0.3, 0.4) is 0 Å². The third kappa shape index (κ3) is 4.90. The van der Waals surface area contributed by atoms with Crippen LogP contribution in [0.15, 0.2) is 53.4 Å². The number of anilines is 1. The van der Waals surface area contributed by atoms with E-state index in [9.17, 15) is 17.6 Å². The summed E-state index contributed by atoms with van der Waals surface area (Å²) < 4.78 is 45.2. The van der Waals surface area contributed by atoms with E-state index in [4.69, 9.17) is 4.74 Å². The molecule has 0 fully saturated rings. The minimum absolute atomic E-state index is 0.0177. The number of hydrogen-bond donors (Lipinski definition) is 1. The Hall–Kier alpha value is -2.85. The Balaban J connectivity index is 1.69. The fourth-order valence-electron chi connectivity index (χ4n) is 2.30. The van der Waals surface area contributed by atoms with Crippen molar-refractivity contribution in [3.8, 4) is 0 Å². The van der Waals surface area contributed by atoms with E-state index in [-0.39, 0.29) is 28.0 Å². The van der Waals surface area contributed by atoms with Crippen LogP contribution in [0.1, 0.15) is 27.9 Å². The van der Waals surface area contributed by atoms with Gasteiger partial charge in [-0.05, 0) is 48.9 Å². The average Bonchev–Trinajstić information content (AvgIpc) is 3.10. The highest BCUT2D eigenvalue weighted by Gasteiger charge is 2.18. The van der Waals surface area contributed by atoms with Gasteiger partial charge >= 0.3 is 5.97 Å². The molecule has 146 valence electrons. The van der Waals surface area contributed by atoms with Gasteiger partial charge in [-0.15, -0.1) is 10.2 Å². The van der Waals surface area contributed by atoms with Crippen molar-refractivity contribution in [1.29, 1.82) is 0 Å². The van der Waals surface area contributed by atoms with E-state index in [2.05, 4.69) is 14.9 Å². The molecule has 0 atom stereocenters. The van der Waals surface area contributed by atoms with Gasteiger partial charge in [0.05, 0.1) is 17.1 Å². The minimum atomic E-state index is -3.88. The first-order chi connectivity index (χ1) is 13.4. The standard InChI is InChI=1S/C18H16FN3O4S2/c1-2-26-17(23)13-5-9-15(10-6-13)28(24,25)22-18-21-20-16(27-18)11-12-3-7-14(19)8-4-12/h3-10H,2,11H2,1H3,(H,21,22). The largest absolute Gasteiger partial charge is 0.462 e. The van der Waals surface area contributed by atoms with Crippen molar-refractivity contribution < 1.29 is 22.3 Å². The summed E-state index contributed by atoms with van der Waals surface area (Å²) in [6.07, 6.45) is 0.411. The molecule has 10 heteroatoms. The van der Waals surface area contributed by atoms with Gasteiger partial charge in [0, 0.05) is 6.42 Å². The Labute approximate surface area is 165 Å². The number of carbonyl (C=O) groups is 1. The van der Waals surface area contributed by atoms with Gasteiger partial charge in [-0.2, -0.15) is 0 Å². The Morgan fingerprint density at radius 3 is 2.43 bits per heavy atom. The van der Waals surface area contributed by atoms with Gasteiger partial charge in [-0.3, -0.25) is 4.72 Å². The van der Waals surface area contributed by atoms with Crippen LogP contribution in [0, 0.1) is 5.82 Å². The van der Waals surface area contributed by atoms with Crippen LogP contribution in [-0.4, -0.2) is 31.2 Å². The molecule has 0 saturated carbocycles. The predicted octanol–water partition coefficient (Wildman–Crippen LogP) is 3.25. The zero-order chi connectivity index (χ0) is 20.1. The molecule has 1 N–H and O–H groups in total. The maximum Gasteiger partial charge on any atom is 0.338 e. The second-order valence-electron chi connectivity index (χ2n) is 5.65. The maximum absolute atomic E-state index is 13.0. The summed E-state index contributed by atoms with van der Waals surface area (Å²) >= 11 is 1.09. The molecule has 0 amide bonds. The maximum atomic E-state index is 13.0. The molecule has 0 saturated heterocycles.